The smallest absolute Gasteiger partial charge is 0.462 e. The number of nitrogens with zero attached hydrogens (tertiary/aromatic N) is 1. The Bertz CT molecular complexity index is 1070. The molecule has 0 rings (SSSR count). The fraction of sp³-hybridized carbons (Fsp3) is 0.880. The van der Waals surface area contributed by atoms with Crippen molar-refractivity contribution in [2.75, 3.05) is 47.5 Å². The lowest BCUT2D eigenvalue weighted by atomic mass is 10.0. The Morgan fingerprint density at radius 1 is 0.517 bits per heavy atom. The van der Waals surface area contributed by atoms with Crippen LogP contribution in [0.15, 0.2) is 24.3 Å². The van der Waals surface area contributed by atoms with E-state index in [0.717, 1.165) is 51.4 Å². The molecule has 60 heavy (non-hydrogen) atoms. The first-order valence-corrected chi connectivity index (χ1v) is 26.6. The van der Waals surface area contributed by atoms with E-state index in [1.54, 1.807) is 0 Å². The highest BCUT2D eigenvalue weighted by atomic mass is 31.2. The molecule has 0 aromatic heterocycles. The second kappa shape index (κ2) is 42.8. The zero-order valence-electron chi connectivity index (χ0n) is 40.0. The Hall–Kier alpha value is -1.51. The molecule has 0 aromatic rings. The highest BCUT2D eigenvalue weighted by molar-refractivity contribution is 7.47. The van der Waals surface area contributed by atoms with Crippen LogP contribution in [0.5, 0.6) is 0 Å². The van der Waals surface area contributed by atoms with Gasteiger partial charge in [0.25, 0.3) is 0 Å². The molecule has 9 nitrogen and oxygen atoms in total. The van der Waals surface area contributed by atoms with E-state index in [0.29, 0.717) is 17.4 Å². The molecule has 10 heteroatoms. The highest BCUT2D eigenvalue weighted by Gasteiger charge is 2.27. The van der Waals surface area contributed by atoms with Gasteiger partial charge >= 0.3 is 19.8 Å². The van der Waals surface area contributed by atoms with E-state index in [4.69, 9.17) is 18.5 Å². The predicted molar refractivity (Wildman–Crippen MR) is 252 cm³/mol. The van der Waals surface area contributed by atoms with E-state index < -0.39 is 26.5 Å². The van der Waals surface area contributed by atoms with Crippen LogP contribution in [0.1, 0.15) is 232 Å². The van der Waals surface area contributed by atoms with E-state index in [1.165, 1.54) is 148 Å². The van der Waals surface area contributed by atoms with Crippen LogP contribution in [0.3, 0.4) is 0 Å². The lowest BCUT2D eigenvalue weighted by molar-refractivity contribution is -0.870. The van der Waals surface area contributed by atoms with Gasteiger partial charge in [0.15, 0.2) is 6.10 Å². The van der Waals surface area contributed by atoms with Gasteiger partial charge in [0.1, 0.15) is 19.8 Å². The van der Waals surface area contributed by atoms with Crippen molar-refractivity contribution in [3.63, 3.8) is 0 Å². The van der Waals surface area contributed by atoms with Crippen LogP contribution in [-0.2, 0) is 32.7 Å². The number of likely N-dealkylation sites (N-methyl/N-ethyl adjacent to an activating group) is 1. The number of ether oxygens (including phenoxy) is 2. The van der Waals surface area contributed by atoms with Gasteiger partial charge in [-0.15, -0.1) is 0 Å². The largest absolute Gasteiger partial charge is 0.472 e. The second-order valence-corrected chi connectivity index (χ2v) is 19.7. The first-order valence-electron chi connectivity index (χ1n) is 25.1. The number of hydrogen-bond acceptors (Lipinski definition) is 7. The maximum atomic E-state index is 12.7. The van der Waals surface area contributed by atoms with Gasteiger partial charge in [-0.25, -0.2) is 4.57 Å². The molecular weight excluding hydrogens is 774 g/mol. The molecule has 1 N–H and O–H groups in total. The topological polar surface area (TPSA) is 108 Å². The van der Waals surface area contributed by atoms with Crippen LogP contribution in [0, 0.1) is 0 Å². The van der Waals surface area contributed by atoms with Crippen molar-refractivity contribution in [3.8, 4) is 0 Å². The lowest BCUT2D eigenvalue weighted by Gasteiger charge is -2.24. The van der Waals surface area contributed by atoms with Gasteiger partial charge < -0.3 is 18.9 Å². The summed E-state index contributed by atoms with van der Waals surface area (Å²) in [5, 5.41) is 0. The highest BCUT2D eigenvalue weighted by Crippen LogP contribution is 2.43. The number of phosphoric acid groups is 1. The maximum Gasteiger partial charge on any atom is 0.472 e. The predicted octanol–water partition coefficient (Wildman–Crippen LogP) is 14.7. The van der Waals surface area contributed by atoms with Crippen molar-refractivity contribution in [3.05, 3.63) is 24.3 Å². The molecule has 1 unspecified atom stereocenters. The third-order valence-corrected chi connectivity index (χ3v) is 12.0. The van der Waals surface area contributed by atoms with Crippen LogP contribution >= 0.6 is 7.82 Å². The van der Waals surface area contributed by atoms with Crippen molar-refractivity contribution >= 4 is 19.8 Å². The molecule has 0 radical (unpaired) electrons. The van der Waals surface area contributed by atoms with Crippen molar-refractivity contribution in [1.82, 2.24) is 0 Å². The summed E-state index contributed by atoms with van der Waals surface area (Å²) in [5.74, 6) is -0.796. The van der Waals surface area contributed by atoms with E-state index in [9.17, 15) is 19.0 Å². The number of unbranched alkanes of at least 4 members (excludes halogenated alkanes) is 28. The number of phosphoric ester groups is 1. The Kier molecular flexibility index (Phi) is 41.7. The summed E-state index contributed by atoms with van der Waals surface area (Å²) < 4.78 is 34.4. The molecule has 2 atom stereocenters. The van der Waals surface area contributed by atoms with Crippen LogP contribution in [0.25, 0.3) is 0 Å². The van der Waals surface area contributed by atoms with Crippen LogP contribution in [0.2, 0.25) is 0 Å². The molecule has 0 aliphatic carbocycles. The number of allylic oxidation sites excluding steroid dienone is 4. The lowest BCUT2D eigenvalue weighted by Crippen LogP contribution is -2.37. The van der Waals surface area contributed by atoms with Gasteiger partial charge in [-0.1, -0.05) is 199 Å². The summed E-state index contributed by atoms with van der Waals surface area (Å²) >= 11 is 0. The van der Waals surface area contributed by atoms with Crippen LogP contribution in [-0.4, -0.2) is 74.9 Å². The van der Waals surface area contributed by atoms with Gasteiger partial charge in [-0.05, 0) is 44.9 Å². The molecule has 0 aliphatic heterocycles. The van der Waals surface area contributed by atoms with Gasteiger partial charge in [0, 0.05) is 12.8 Å². The quantitative estimate of drug-likeness (QED) is 0.0212. The number of hydrogen-bond donors (Lipinski definition) is 1. The summed E-state index contributed by atoms with van der Waals surface area (Å²) in [6.07, 6.45) is 47.9. The molecule has 0 saturated heterocycles. The standard InChI is InChI=1S/C50H96NO8P/c1-6-8-10-12-14-16-18-20-22-24-25-27-29-31-33-35-37-39-41-43-50(53)59-48(47-58-60(54,55)57-45-44-51(3,4)5)46-56-49(52)42-40-38-36-34-32-30-28-26-23-21-19-17-15-13-11-9-7-2/h15,17,21,23,48H,6-14,16,18-20,22,24-47H2,1-5H3/p+1/b17-15+,23-21+/t48-/m1/s1. The zero-order chi connectivity index (χ0) is 44.3. The summed E-state index contributed by atoms with van der Waals surface area (Å²) in [6.45, 7) is 4.43. The molecule has 0 fully saturated rings. The average molecular weight is 871 g/mol. The van der Waals surface area contributed by atoms with E-state index in [-0.39, 0.29) is 32.0 Å². The Morgan fingerprint density at radius 3 is 1.35 bits per heavy atom. The SMILES string of the molecule is CCCCC/C=C/C/C=C/CCCCCCCCCC(=O)OC[C@H](COP(=O)(O)OCC[N+](C)(C)C)OC(=O)CCCCCCCCCCCCCCCCCCCCC. The molecule has 0 aromatic carbocycles. The summed E-state index contributed by atoms with van der Waals surface area (Å²) in [4.78, 5) is 35.5. The fourth-order valence-corrected chi connectivity index (χ4v) is 7.79. The van der Waals surface area contributed by atoms with Crippen molar-refractivity contribution < 1.29 is 42.1 Å². The second-order valence-electron chi connectivity index (χ2n) is 18.2. The first-order chi connectivity index (χ1) is 29.0. The third-order valence-electron chi connectivity index (χ3n) is 11.0. The van der Waals surface area contributed by atoms with Crippen LogP contribution in [0.4, 0.5) is 0 Å². The number of rotatable bonds is 46. The monoisotopic (exact) mass is 871 g/mol. The normalized spacial score (nSPS) is 13.6. The molecule has 0 spiro atoms. The number of esters is 2. The van der Waals surface area contributed by atoms with Crippen LogP contribution < -0.4 is 0 Å². The molecular formula is C50H97NO8P+. The fourth-order valence-electron chi connectivity index (χ4n) is 7.05. The van der Waals surface area contributed by atoms with Crippen molar-refractivity contribution in [2.45, 2.75) is 238 Å². The van der Waals surface area contributed by atoms with Crippen molar-refractivity contribution in [2.24, 2.45) is 0 Å². The van der Waals surface area contributed by atoms with Gasteiger partial charge in [-0.2, -0.15) is 0 Å². The van der Waals surface area contributed by atoms with E-state index in [2.05, 4.69) is 38.2 Å². The Morgan fingerprint density at radius 2 is 0.900 bits per heavy atom. The molecule has 0 aliphatic rings. The molecule has 0 saturated carbocycles. The molecule has 0 bridgehead atoms. The first kappa shape index (κ1) is 58.5. The Labute approximate surface area is 370 Å². The van der Waals surface area contributed by atoms with E-state index >= 15 is 0 Å². The number of carbonyl (C=O) groups excluding carboxylic acids is 2. The number of quaternary nitrogens is 1. The minimum atomic E-state index is -4.38. The van der Waals surface area contributed by atoms with E-state index in [1.807, 2.05) is 21.1 Å². The van der Waals surface area contributed by atoms with Crippen molar-refractivity contribution in [1.29, 1.82) is 0 Å². The minimum absolute atomic E-state index is 0.0326. The zero-order valence-corrected chi connectivity index (χ0v) is 40.9. The summed E-state index contributed by atoms with van der Waals surface area (Å²) in [6, 6.07) is 0. The minimum Gasteiger partial charge on any atom is -0.462 e. The molecule has 354 valence electrons. The third kappa shape index (κ3) is 46.0. The molecule has 0 amide bonds. The summed E-state index contributed by atoms with van der Waals surface area (Å²) in [5.41, 5.74) is 0. The summed E-state index contributed by atoms with van der Waals surface area (Å²) in [7, 11) is 1.48. The van der Waals surface area contributed by atoms with Gasteiger partial charge in [0.05, 0.1) is 27.7 Å². The average Bonchev–Trinajstić information content (AvgIpc) is 3.20. The maximum absolute atomic E-state index is 12.7. The number of carbonyl (C=O) groups is 2. The van der Waals surface area contributed by atoms with Gasteiger partial charge in [0.2, 0.25) is 0 Å². The van der Waals surface area contributed by atoms with Gasteiger partial charge in [-0.3, -0.25) is 18.6 Å². The molecule has 0 heterocycles. The Balaban J connectivity index is 4.25.